The highest BCUT2D eigenvalue weighted by Crippen LogP contribution is 2.17. The van der Waals surface area contributed by atoms with Crippen molar-refractivity contribution < 1.29 is 17.6 Å². The molecule has 0 spiro atoms. The Morgan fingerprint density at radius 1 is 0.895 bits per heavy atom. The van der Waals surface area contributed by atoms with E-state index in [1.165, 1.54) is 6.07 Å². The van der Waals surface area contributed by atoms with Gasteiger partial charge in [-0.25, -0.2) is 17.6 Å². The Morgan fingerprint density at radius 2 is 1.47 bits per heavy atom. The Balaban J connectivity index is 2.05. The minimum atomic E-state index is -0.853. The number of hydrogen-bond donors (Lipinski definition) is 1. The van der Waals surface area contributed by atoms with E-state index in [9.17, 15) is 17.6 Å². The second kappa shape index (κ2) is 5.69. The molecule has 100 valence electrons. The lowest BCUT2D eigenvalue weighted by atomic mass is 10.1. The number of benzene rings is 1. The minimum Gasteiger partial charge on any atom is -0.380 e. The van der Waals surface area contributed by atoms with E-state index in [1.54, 1.807) is 0 Å². The zero-order valence-electron chi connectivity index (χ0n) is 9.76. The number of nitrogens with zero attached hydrogens (tertiary/aromatic N) is 1. The van der Waals surface area contributed by atoms with Crippen LogP contribution in [0.5, 0.6) is 0 Å². The van der Waals surface area contributed by atoms with Crippen LogP contribution in [0.3, 0.4) is 0 Å². The maximum absolute atomic E-state index is 13.3. The Bertz CT molecular complexity index is 495. The molecule has 0 aliphatic heterocycles. The highest BCUT2D eigenvalue weighted by atomic mass is 19.1. The lowest BCUT2D eigenvalue weighted by Gasteiger charge is -2.09. The van der Waals surface area contributed by atoms with Crippen molar-refractivity contribution in [3.63, 3.8) is 0 Å². The quantitative estimate of drug-likeness (QED) is 0.862. The molecule has 0 aliphatic carbocycles. The van der Waals surface area contributed by atoms with E-state index in [0.717, 1.165) is 24.5 Å². The van der Waals surface area contributed by atoms with Gasteiger partial charge in [0, 0.05) is 12.1 Å². The van der Waals surface area contributed by atoms with E-state index < -0.39 is 23.3 Å². The van der Waals surface area contributed by atoms with Gasteiger partial charge < -0.3 is 5.32 Å². The van der Waals surface area contributed by atoms with Gasteiger partial charge in [-0.2, -0.15) is 0 Å². The first-order chi connectivity index (χ1) is 9.09. The van der Waals surface area contributed by atoms with Gasteiger partial charge in [-0.05, 0) is 18.6 Å². The molecule has 0 amide bonds. The molecule has 0 atom stereocenters. The molecule has 0 saturated heterocycles. The van der Waals surface area contributed by atoms with E-state index in [-0.39, 0.29) is 24.2 Å². The summed E-state index contributed by atoms with van der Waals surface area (Å²) < 4.78 is 53.1. The Labute approximate surface area is 107 Å². The van der Waals surface area contributed by atoms with E-state index in [4.69, 9.17) is 0 Å². The summed E-state index contributed by atoms with van der Waals surface area (Å²) in [6.07, 6.45) is 1.68. The van der Waals surface area contributed by atoms with Crippen molar-refractivity contribution >= 4 is 5.69 Å². The fraction of sp³-hybridized carbons (Fsp3) is 0.154. The molecule has 2 rings (SSSR count). The van der Waals surface area contributed by atoms with Crippen LogP contribution in [0, 0.1) is 23.3 Å². The third kappa shape index (κ3) is 3.01. The summed E-state index contributed by atoms with van der Waals surface area (Å²) in [7, 11) is 0. The molecule has 19 heavy (non-hydrogen) atoms. The van der Waals surface area contributed by atoms with Gasteiger partial charge in [-0.3, -0.25) is 4.98 Å². The van der Waals surface area contributed by atoms with Crippen LogP contribution in [0.15, 0.2) is 30.6 Å². The van der Waals surface area contributed by atoms with Crippen LogP contribution in [-0.4, -0.2) is 11.5 Å². The SMILES string of the molecule is Fc1cccc(F)c1CCNc1c(F)cncc1F. The molecule has 0 bridgehead atoms. The molecule has 0 unspecified atom stereocenters. The number of rotatable bonds is 4. The molecule has 6 heteroatoms. The first kappa shape index (κ1) is 13.3. The van der Waals surface area contributed by atoms with Crippen LogP contribution < -0.4 is 5.32 Å². The van der Waals surface area contributed by atoms with E-state index in [0.29, 0.717) is 0 Å². The van der Waals surface area contributed by atoms with Crippen molar-refractivity contribution in [2.45, 2.75) is 6.42 Å². The molecular weight excluding hydrogens is 260 g/mol. The van der Waals surface area contributed by atoms with Crippen molar-refractivity contribution in [1.29, 1.82) is 0 Å². The van der Waals surface area contributed by atoms with E-state index in [2.05, 4.69) is 10.3 Å². The Hall–Kier alpha value is -2.11. The third-order valence-corrected chi connectivity index (χ3v) is 2.59. The highest BCUT2D eigenvalue weighted by Gasteiger charge is 2.11. The van der Waals surface area contributed by atoms with Gasteiger partial charge in [0.05, 0.1) is 12.4 Å². The monoisotopic (exact) mass is 270 g/mol. The normalized spacial score (nSPS) is 10.5. The number of hydrogen-bond acceptors (Lipinski definition) is 2. The van der Waals surface area contributed by atoms with Crippen LogP contribution in [-0.2, 0) is 6.42 Å². The number of anilines is 1. The Kier molecular flexibility index (Phi) is 3.99. The van der Waals surface area contributed by atoms with Crippen LogP contribution in [0.2, 0.25) is 0 Å². The van der Waals surface area contributed by atoms with Crippen molar-refractivity contribution in [1.82, 2.24) is 4.98 Å². The molecule has 2 nitrogen and oxygen atoms in total. The van der Waals surface area contributed by atoms with Crippen molar-refractivity contribution in [3.05, 3.63) is 59.4 Å². The van der Waals surface area contributed by atoms with Crippen molar-refractivity contribution in [3.8, 4) is 0 Å². The van der Waals surface area contributed by atoms with Gasteiger partial charge in [0.2, 0.25) is 0 Å². The summed E-state index contributed by atoms with van der Waals surface area (Å²) in [6.45, 7) is -0.00426. The first-order valence-corrected chi connectivity index (χ1v) is 5.55. The predicted molar refractivity (Wildman–Crippen MR) is 62.7 cm³/mol. The zero-order valence-corrected chi connectivity index (χ0v) is 9.76. The summed E-state index contributed by atoms with van der Waals surface area (Å²) in [4.78, 5) is 3.33. The van der Waals surface area contributed by atoms with E-state index >= 15 is 0 Å². The highest BCUT2D eigenvalue weighted by molar-refractivity contribution is 5.44. The minimum absolute atomic E-state index is 0.00426. The van der Waals surface area contributed by atoms with Gasteiger partial charge in [-0.1, -0.05) is 6.07 Å². The van der Waals surface area contributed by atoms with Gasteiger partial charge in [-0.15, -0.1) is 0 Å². The van der Waals surface area contributed by atoms with Crippen LogP contribution in [0.4, 0.5) is 23.2 Å². The number of aromatic nitrogens is 1. The standard InChI is InChI=1S/C13H10F4N2/c14-9-2-1-3-10(15)8(9)4-5-19-13-11(16)6-18-7-12(13)17/h1-3,6-7H,4-5H2,(H,18,19). The maximum atomic E-state index is 13.3. The molecule has 0 radical (unpaired) electrons. The summed E-state index contributed by atoms with van der Waals surface area (Å²) in [5.74, 6) is -3.07. The zero-order chi connectivity index (χ0) is 13.8. The molecule has 1 aromatic carbocycles. The molecular formula is C13H10F4N2. The average Bonchev–Trinajstić information content (AvgIpc) is 2.36. The summed E-state index contributed by atoms with van der Waals surface area (Å²) in [6, 6.07) is 3.52. The smallest absolute Gasteiger partial charge is 0.167 e. The largest absolute Gasteiger partial charge is 0.380 e. The van der Waals surface area contributed by atoms with Crippen molar-refractivity contribution in [2.75, 3.05) is 11.9 Å². The number of nitrogens with one attached hydrogen (secondary N) is 1. The summed E-state index contributed by atoms with van der Waals surface area (Å²) >= 11 is 0. The fourth-order valence-corrected chi connectivity index (χ4v) is 1.66. The molecule has 0 aliphatic rings. The molecule has 0 saturated carbocycles. The van der Waals surface area contributed by atoms with Crippen LogP contribution >= 0.6 is 0 Å². The predicted octanol–water partition coefficient (Wildman–Crippen LogP) is 3.29. The lowest BCUT2D eigenvalue weighted by Crippen LogP contribution is -2.10. The maximum Gasteiger partial charge on any atom is 0.167 e. The molecule has 2 aromatic rings. The fourth-order valence-electron chi connectivity index (χ4n) is 1.66. The second-order valence-corrected chi connectivity index (χ2v) is 3.86. The average molecular weight is 270 g/mol. The second-order valence-electron chi connectivity index (χ2n) is 3.86. The topological polar surface area (TPSA) is 24.9 Å². The van der Waals surface area contributed by atoms with E-state index in [1.807, 2.05) is 0 Å². The van der Waals surface area contributed by atoms with Crippen LogP contribution in [0.25, 0.3) is 0 Å². The van der Waals surface area contributed by atoms with Crippen molar-refractivity contribution in [2.24, 2.45) is 0 Å². The molecule has 1 N–H and O–H groups in total. The molecule has 1 heterocycles. The Morgan fingerprint density at radius 3 is 2.05 bits per heavy atom. The van der Waals surface area contributed by atoms with Gasteiger partial charge >= 0.3 is 0 Å². The van der Waals surface area contributed by atoms with Gasteiger partial charge in [0.25, 0.3) is 0 Å². The first-order valence-electron chi connectivity index (χ1n) is 5.55. The molecule has 0 fully saturated rings. The van der Waals surface area contributed by atoms with Gasteiger partial charge in [0.1, 0.15) is 17.3 Å². The van der Waals surface area contributed by atoms with Crippen LogP contribution in [0.1, 0.15) is 5.56 Å². The lowest BCUT2D eigenvalue weighted by molar-refractivity contribution is 0.555. The summed E-state index contributed by atoms with van der Waals surface area (Å²) in [5, 5.41) is 2.46. The number of halogens is 4. The summed E-state index contributed by atoms with van der Waals surface area (Å²) in [5.41, 5.74) is -0.475. The number of pyridine rings is 1. The third-order valence-electron chi connectivity index (χ3n) is 2.59. The molecule has 1 aromatic heterocycles. The van der Waals surface area contributed by atoms with Gasteiger partial charge in [0.15, 0.2) is 11.6 Å².